The molecule has 1 nitrogen and oxygen atoms in total. The maximum absolute atomic E-state index is 10.5. The Bertz CT molecular complexity index is 83.5. The van der Waals surface area contributed by atoms with Crippen LogP contribution in [0.3, 0.4) is 0 Å². The summed E-state index contributed by atoms with van der Waals surface area (Å²) in [6, 6.07) is 0. The number of carbonyl (C=O) groups is 1. The van der Waals surface area contributed by atoms with Gasteiger partial charge in [0.25, 0.3) is 0 Å². The number of hydrogen-bond acceptors (Lipinski definition) is 1. The lowest BCUT2D eigenvalue weighted by molar-refractivity contribution is -0.124. The average Bonchev–Trinajstić information content (AvgIpc) is 1.69. The predicted octanol–water partition coefficient (Wildman–Crippen LogP) is -0.211. The normalized spacial score (nSPS) is 9.33. The van der Waals surface area contributed by atoms with E-state index in [-0.39, 0.29) is 11.2 Å². The topological polar surface area (TPSA) is 17.1 Å². The highest BCUT2D eigenvalue weighted by molar-refractivity contribution is 6.75. The molecular formula is C6H16B2O. The van der Waals surface area contributed by atoms with Gasteiger partial charge in [0.2, 0.25) is 0 Å². The van der Waals surface area contributed by atoms with Gasteiger partial charge in [-0.2, -0.15) is 0 Å². The SMILES string of the molecule is BB.CC(=O)C(C)(C)C. The maximum atomic E-state index is 10.5. The van der Waals surface area contributed by atoms with Crippen LogP contribution in [-0.2, 0) is 4.79 Å². The molecule has 52 valence electrons. The van der Waals surface area contributed by atoms with Gasteiger partial charge in [0.1, 0.15) is 5.78 Å². The Balaban J connectivity index is 0. The van der Waals surface area contributed by atoms with Crippen molar-refractivity contribution >= 4 is 21.3 Å². The molecule has 0 amide bonds. The molecule has 0 aromatic carbocycles. The van der Waals surface area contributed by atoms with Gasteiger partial charge < -0.3 is 0 Å². The van der Waals surface area contributed by atoms with Gasteiger partial charge in [-0.15, -0.1) is 0 Å². The van der Waals surface area contributed by atoms with Crippen molar-refractivity contribution in [2.24, 2.45) is 5.41 Å². The van der Waals surface area contributed by atoms with Crippen LogP contribution in [0, 0.1) is 5.41 Å². The Kier molecular flexibility index (Phi) is 5.99. The van der Waals surface area contributed by atoms with Crippen LogP contribution in [0.2, 0.25) is 0 Å². The molecule has 9 heavy (non-hydrogen) atoms. The van der Waals surface area contributed by atoms with Crippen molar-refractivity contribution < 1.29 is 4.79 Å². The van der Waals surface area contributed by atoms with Gasteiger partial charge in [-0.1, -0.05) is 20.8 Å². The quantitative estimate of drug-likeness (QED) is 0.410. The zero-order valence-corrected chi connectivity index (χ0v) is 7.41. The minimum Gasteiger partial charge on any atom is -0.299 e. The fraction of sp³-hybridized carbons (Fsp3) is 0.833. The Labute approximate surface area is 60.0 Å². The van der Waals surface area contributed by atoms with Gasteiger partial charge in [-0.05, 0) is 6.92 Å². The first-order valence-corrected chi connectivity index (χ1v) is 3.45. The summed E-state index contributed by atoms with van der Waals surface area (Å²) in [5.41, 5.74) is -0.139. The van der Waals surface area contributed by atoms with E-state index in [9.17, 15) is 4.79 Å². The summed E-state index contributed by atoms with van der Waals surface area (Å²) in [6.07, 6.45) is 0. The average molecular weight is 126 g/mol. The monoisotopic (exact) mass is 126 g/mol. The molecule has 3 heteroatoms. The molecular weight excluding hydrogens is 110 g/mol. The van der Waals surface area contributed by atoms with E-state index in [2.05, 4.69) is 0 Å². The first kappa shape index (κ1) is 11.6. The lowest BCUT2D eigenvalue weighted by Gasteiger charge is -2.11. The maximum Gasteiger partial charge on any atom is 0.135 e. The highest BCUT2D eigenvalue weighted by Gasteiger charge is 2.14. The van der Waals surface area contributed by atoms with Crippen molar-refractivity contribution in [3.63, 3.8) is 0 Å². The summed E-state index contributed by atoms with van der Waals surface area (Å²) in [7, 11) is 4.00. The van der Waals surface area contributed by atoms with Gasteiger partial charge in [0.15, 0.2) is 0 Å². The zero-order chi connectivity index (χ0) is 8.08. The van der Waals surface area contributed by atoms with Gasteiger partial charge >= 0.3 is 0 Å². The van der Waals surface area contributed by atoms with Crippen LogP contribution in [0.15, 0.2) is 0 Å². The molecule has 0 atom stereocenters. The molecule has 0 aliphatic heterocycles. The van der Waals surface area contributed by atoms with E-state index in [4.69, 9.17) is 0 Å². The second-order valence-electron chi connectivity index (χ2n) is 2.81. The van der Waals surface area contributed by atoms with Crippen molar-refractivity contribution in [2.75, 3.05) is 0 Å². The number of hydrogen-bond donors (Lipinski definition) is 0. The smallest absolute Gasteiger partial charge is 0.135 e. The third-order valence-electron chi connectivity index (χ3n) is 1.06. The summed E-state index contributed by atoms with van der Waals surface area (Å²) in [6.45, 7) is 7.35. The first-order chi connectivity index (χ1) is 3.94. The molecule has 0 heterocycles. The van der Waals surface area contributed by atoms with Crippen LogP contribution in [0.4, 0.5) is 0 Å². The standard InChI is InChI=1S/C6H12O.B2H4/c1-5(7)6(2,3)4;1-2/h1-4H3;1-2H2. The fourth-order valence-corrected chi connectivity index (χ4v) is 0. The molecule has 0 spiro atoms. The van der Waals surface area contributed by atoms with Crippen LogP contribution < -0.4 is 0 Å². The molecule has 0 radical (unpaired) electrons. The number of carbonyl (C=O) groups excluding carboxylic acids is 1. The Morgan fingerprint density at radius 3 is 1.33 bits per heavy atom. The molecule has 0 bridgehead atoms. The molecule has 0 saturated heterocycles. The van der Waals surface area contributed by atoms with Crippen molar-refractivity contribution in [2.45, 2.75) is 27.7 Å². The lowest BCUT2D eigenvalue weighted by atomic mass is 9.81. The van der Waals surface area contributed by atoms with E-state index in [1.165, 1.54) is 0 Å². The molecule has 0 fully saturated rings. The van der Waals surface area contributed by atoms with Crippen LogP contribution in [0.5, 0.6) is 0 Å². The zero-order valence-electron chi connectivity index (χ0n) is 7.41. The fourth-order valence-electron chi connectivity index (χ4n) is 0. The minimum atomic E-state index is -0.139. The van der Waals surface area contributed by atoms with Crippen LogP contribution in [-0.4, -0.2) is 21.3 Å². The number of ketones is 1. The molecule has 0 aliphatic carbocycles. The Morgan fingerprint density at radius 2 is 1.33 bits per heavy atom. The molecule has 0 saturated carbocycles. The Hall–Kier alpha value is -0.200. The third-order valence-corrected chi connectivity index (χ3v) is 1.06. The minimum absolute atomic E-state index is 0.139. The lowest BCUT2D eigenvalue weighted by Crippen LogP contribution is -2.15. The van der Waals surface area contributed by atoms with Crippen LogP contribution in [0.25, 0.3) is 0 Å². The molecule has 0 rings (SSSR count). The molecule has 0 unspecified atom stereocenters. The van der Waals surface area contributed by atoms with Gasteiger partial charge in [-0.25, -0.2) is 0 Å². The van der Waals surface area contributed by atoms with Crippen molar-refractivity contribution in [3.8, 4) is 0 Å². The first-order valence-electron chi connectivity index (χ1n) is 3.45. The predicted molar refractivity (Wildman–Crippen MR) is 47.2 cm³/mol. The van der Waals surface area contributed by atoms with Crippen molar-refractivity contribution in [1.29, 1.82) is 0 Å². The van der Waals surface area contributed by atoms with E-state index in [0.717, 1.165) is 0 Å². The second-order valence-corrected chi connectivity index (χ2v) is 2.81. The Morgan fingerprint density at radius 1 is 1.22 bits per heavy atom. The molecule has 0 N–H and O–H groups in total. The van der Waals surface area contributed by atoms with E-state index in [0.29, 0.717) is 0 Å². The van der Waals surface area contributed by atoms with Crippen molar-refractivity contribution in [1.82, 2.24) is 0 Å². The summed E-state index contributed by atoms with van der Waals surface area (Å²) in [5, 5.41) is 0. The summed E-state index contributed by atoms with van der Waals surface area (Å²) in [5.74, 6) is 0.243. The van der Waals surface area contributed by atoms with E-state index < -0.39 is 0 Å². The van der Waals surface area contributed by atoms with Gasteiger partial charge in [0.05, 0.1) is 15.5 Å². The van der Waals surface area contributed by atoms with E-state index in [1.807, 2.05) is 36.2 Å². The molecule has 0 aromatic heterocycles. The molecule has 0 aromatic rings. The number of rotatable bonds is 0. The highest BCUT2D eigenvalue weighted by Crippen LogP contribution is 2.12. The largest absolute Gasteiger partial charge is 0.299 e. The van der Waals surface area contributed by atoms with Crippen LogP contribution in [0.1, 0.15) is 27.7 Å². The van der Waals surface area contributed by atoms with Gasteiger partial charge in [0, 0.05) is 5.41 Å². The summed E-state index contributed by atoms with van der Waals surface area (Å²) < 4.78 is 0. The molecule has 0 aliphatic rings. The van der Waals surface area contributed by atoms with E-state index >= 15 is 0 Å². The van der Waals surface area contributed by atoms with E-state index in [1.54, 1.807) is 6.92 Å². The van der Waals surface area contributed by atoms with Gasteiger partial charge in [-0.3, -0.25) is 4.79 Å². The van der Waals surface area contributed by atoms with Crippen molar-refractivity contribution in [3.05, 3.63) is 0 Å². The summed E-state index contributed by atoms with van der Waals surface area (Å²) in [4.78, 5) is 10.5. The summed E-state index contributed by atoms with van der Waals surface area (Å²) >= 11 is 0. The third kappa shape index (κ3) is 7.80. The second kappa shape index (κ2) is 4.66. The number of Topliss-reactive ketones (excluding diaryl/α,β-unsaturated/α-hetero) is 1. The highest BCUT2D eigenvalue weighted by atomic mass is 16.1. The van der Waals surface area contributed by atoms with Crippen LogP contribution >= 0.6 is 0 Å².